The van der Waals surface area contributed by atoms with Gasteiger partial charge in [-0.1, -0.05) is 12.1 Å². The number of benzene rings is 1. The van der Waals surface area contributed by atoms with Gasteiger partial charge >= 0.3 is 12.0 Å². The van der Waals surface area contributed by atoms with Crippen LogP contribution in [0.15, 0.2) is 24.3 Å². The first-order valence-electron chi connectivity index (χ1n) is 13.3. The average Bonchev–Trinajstić information content (AvgIpc) is 2.92. The zero-order chi connectivity index (χ0) is 26.4. The number of nitrogens with one attached hydrogen (secondary N) is 1. The molecule has 2 atom stereocenters. The maximum atomic E-state index is 13.1. The molecule has 0 unspecified atom stereocenters. The van der Waals surface area contributed by atoms with Crippen LogP contribution >= 0.6 is 0 Å². The number of β-lactam (4-membered cyclic amide) rings is 1. The van der Waals surface area contributed by atoms with Crippen molar-refractivity contribution in [2.24, 2.45) is 11.8 Å². The van der Waals surface area contributed by atoms with Crippen LogP contribution in [0.4, 0.5) is 4.79 Å². The number of imide groups is 1. The van der Waals surface area contributed by atoms with Crippen molar-refractivity contribution in [2.75, 3.05) is 46.4 Å². The number of unbranched alkanes of at least 4 members (excludes halogenated alkanes) is 1. The minimum Gasteiger partial charge on any atom is -0.497 e. The molecule has 4 rings (SSSR count). The van der Waals surface area contributed by atoms with Gasteiger partial charge in [-0.2, -0.15) is 0 Å². The van der Waals surface area contributed by atoms with E-state index in [0.29, 0.717) is 44.9 Å². The van der Waals surface area contributed by atoms with Gasteiger partial charge < -0.3 is 25.0 Å². The number of carbonyl (C=O) groups excluding carboxylic acids is 3. The maximum absolute atomic E-state index is 13.1. The molecule has 1 aromatic rings. The molecule has 3 heterocycles. The number of carbonyl (C=O) groups is 4. The SMILES string of the molecule is COc1ccc(CCCCC(=O)N2CCN(C(=O)N3C(=O)[C@H](CC4CCNCC4)[C@H]3C(=O)O)CC2)cc1. The predicted octanol–water partition coefficient (Wildman–Crippen LogP) is 1.97. The Morgan fingerprint density at radius 2 is 1.65 bits per heavy atom. The highest BCUT2D eigenvalue weighted by atomic mass is 16.5. The number of nitrogens with zero attached hydrogens (tertiary/aromatic N) is 3. The summed E-state index contributed by atoms with van der Waals surface area (Å²) in [5.41, 5.74) is 1.21. The monoisotopic (exact) mass is 514 g/mol. The lowest BCUT2D eigenvalue weighted by Gasteiger charge is -2.47. The lowest BCUT2D eigenvalue weighted by atomic mass is 9.78. The van der Waals surface area contributed by atoms with Gasteiger partial charge in [-0.05, 0) is 75.2 Å². The van der Waals surface area contributed by atoms with Crippen molar-refractivity contribution in [2.45, 2.75) is 51.0 Å². The van der Waals surface area contributed by atoms with E-state index < -0.39 is 24.0 Å². The number of likely N-dealkylation sites (tertiary alicyclic amines) is 1. The molecule has 10 heteroatoms. The number of aryl methyl sites for hydroxylation is 1. The number of methoxy groups -OCH3 is 1. The number of piperazine rings is 1. The molecule has 3 aliphatic heterocycles. The van der Waals surface area contributed by atoms with Crippen molar-refractivity contribution in [3.05, 3.63) is 29.8 Å². The van der Waals surface area contributed by atoms with Crippen LogP contribution in [0.1, 0.15) is 44.1 Å². The fraction of sp³-hybridized carbons (Fsp3) is 0.630. The normalized spacial score (nSPS) is 22.5. The third-order valence-electron chi connectivity index (χ3n) is 7.89. The highest BCUT2D eigenvalue weighted by Crippen LogP contribution is 2.35. The van der Waals surface area contributed by atoms with Crippen LogP contribution in [0, 0.1) is 11.8 Å². The van der Waals surface area contributed by atoms with Gasteiger partial charge in [0.1, 0.15) is 5.75 Å². The molecule has 0 saturated carbocycles. The summed E-state index contributed by atoms with van der Waals surface area (Å²) in [6, 6.07) is 6.28. The van der Waals surface area contributed by atoms with Crippen LogP contribution in [0.3, 0.4) is 0 Å². The van der Waals surface area contributed by atoms with Gasteiger partial charge in [-0.15, -0.1) is 0 Å². The van der Waals surface area contributed by atoms with E-state index in [2.05, 4.69) is 5.32 Å². The van der Waals surface area contributed by atoms with Crippen LogP contribution in [0.2, 0.25) is 0 Å². The summed E-state index contributed by atoms with van der Waals surface area (Å²) in [6.45, 7) is 3.12. The summed E-state index contributed by atoms with van der Waals surface area (Å²) in [5, 5.41) is 13.0. The van der Waals surface area contributed by atoms with E-state index in [1.807, 2.05) is 24.3 Å². The largest absolute Gasteiger partial charge is 0.497 e. The quantitative estimate of drug-likeness (QED) is 0.382. The number of urea groups is 1. The zero-order valence-electron chi connectivity index (χ0n) is 21.6. The summed E-state index contributed by atoms with van der Waals surface area (Å²) in [4.78, 5) is 54.6. The first-order valence-corrected chi connectivity index (χ1v) is 13.3. The average molecular weight is 515 g/mol. The molecular weight excluding hydrogens is 476 g/mol. The van der Waals surface area contributed by atoms with E-state index in [1.54, 1.807) is 12.0 Å². The third kappa shape index (κ3) is 6.41. The molecule has 202 valence electrons. The number of hydrogen-bond donors (Lipinski definition) is 2. The summed E-state index contributed by atoms with van der Waals surface area (Å²) in [7, 11) is 1.64. The van der Waals surface area contributed by atoms with E-state index in [-0.39, 0.29) is 11.8 Å². The van der Waals surface area contributed by atoms with Gasteiger partial charge in [0, 0.05) is 32.6 Å². The summed E-state index contributed by atoms with van der Waals surface area (Å²) in [6.07, 6.45) is 5.39. The fourth-order valence-electron chi connectivity index (χ4n) is 5.61. The molecule has 37 heavy (non-hydrogen) atoms. The van der Waals surface area contributed by atoms with Crippen molar-refractivity contribution in [1.29, 1.82) is 0 Å². The standard InChI is InChI=1S/C27H38N4O6/c1-37-21-8-6-19(7-9-21)4-2-3-5-23(32)29-14-16-30(17-15-29)27(36)31-24(26(34)35)22(25(31)33)18-20-10-12-28-13-11-20/h6-9,20,22,24,28H,2-5,10-18H2,1H3,(H,34,35)/t22-,24+/m1/s1. The van der Waals surface area contributed by atoms with E-state index in [9.17, 15) is 24.3 Å². The molecule has 2 N–H and O–H groups in total. The second-order valence-electron chi connectivity index (χ2n) is 10.2. The van der Waals surface area contributed by atoms with Crippen LogP contribution < -0.4 is 10.1 Å². The molecule has 0 bridgehead atoms. The molecule has 1 aromatic carbocycles. The molecule has 3 fully saturated rings. The Morgan fingerprint density at radius 1 is 1.00 bits per heavy atom. The lowest BCUT2D eigenvalue weighted by molar-refractivity contribution is -0.167. The second kappa shape index (κ2) is 12.4. The summed E-state index contributed by atoms with van der Waals surface area (Å²) < 4.78 is 5.17. The van der Waals surface area contributed by atoms with E-state index >= 15 is 0 Å². The Morgan fingerprint density at radius 3 is 2.27 bits per heavy atom. The van der Waals surface area contributed by atoms with Crippen molar-refractivity contribution in [3.8, 4) is 5.75 Å². The number of carboxylic acid groups (broad SMARTS) is 1. The van der Waals surface area contributed by atoms with Gasteiger partial charge in [0.2, 0.25) is 11.8 Å². The second-order valence-corrected chi connectivity index (χ2v) is 10.2. The van der Waals surface area contributed by atoms with E-state index in [0.717, 1.165) is 55.8 Å². The predicted molar refractivity (Wildman–Crippen MR) is 136 cm³/mol. The number of carboxylic acids is 1. The van der Waals surface area contributed by atoms with Crippen molar-refractivity contribution in [1.82, 2.24) is 20.0 Å². The zero-order valence-corrected chi connectivity index (χ0v) is 21.6. The topological polar surface area (TPSA) is 119 Å². The third-order valence-corrected chi connectivity index (χ3v) is 7.89. The highest BCUT2D eigenvalue weighted by molar-refractivity contribution is 6.07. The van der Waals surface area contributed by atoms with Gasteiger partial charge in [0.15, 0.2) is 6.04 Å². The Kier molecular flexibility index (Phi) is 9.02. The summed E-state index contributed by atoms with van der Waals surface area (Å²) >= 11 is 0. The fourth-order valence-corrected chi connectivity index (χ4v) is 5.61. The molecule has 3 saturated heterocycles. The van der Waals surface area contributed by atoms with Gasteiger partial charge in [0.05, 0.1) is 13.0 Å². The van der Waals surface area contributed by atoms with Crippen molar-refractivity contribution in [3.63, 3.8) is 0 Å². The lowest BCUT2D eigenvalue weighted by Crippen LogP contribution is -2.69. The van der Waals surface area contributed by atoms with E-state index in [1.165, 1.54) is 10.5 Å². The van der Waals surface area contributed by atoms with Crippen LogP contribution in [0.25, 0.3) is 0 Å². The van der Waals surface area contributed by atoms with Crippen molar-refractivity contribution < 1.29 is 29.0 Å². The Hall–Kier alpha value is -3.14. The number of rotatable bonds is 9. The first kappa shape index (κ1) is 26.9. The Balaban J connectivity index is 1.20. The molecule has 0 aliphatic carbocycles. The van der Waals surface area contributed by atoms with Crippen molar-refractivity contribution >= 4 is 23.8 Å². The number of aliphatic carboxylic acids is 1. The number of piperidine rings is 1. The van der Waals surface area contributed by atoms with Crippen LogP contribution in [-0.2, 0) is 20.8 Å². The molecule has 4 amide bonds. The number of amides is 4. The number of ether oxygens (including phenoxy) is 1. The Labute approximate surface area is 217 Å². The molecule has 0 radical (unpaired) electrons. The summed E-state index contributed by atoms with van der Waals surface area (Å²) in [5.74, 6) is -0.954. The van der Waals surface area contributed by atoms with Gasteiger partial charge in [-0.25, -0.2) is 14.5 Å². The maximum Gasteiger partial charge on any atom is 0.327 e. The minimum absolute atomic E-state index is 0.0623. The minimum atomic E-state index is -1.13. The smallest absolute Gasteiger partial charge is 0.327 e. The highest BCUT2D eigenvalue weighted by Gasteiger charge is 2.56. The molecule has 3 aliphatic rings. The van der Waals surface area contributed by atoms with E-state index in [4.69, 9.17) is 4.74 Å². The molecule has 0 spiro atoms. The molecule has 0 aromatic heterocycles. The van der Waals surface area contributed by atoms with Gasteiger partial charge in [-0.3, -0.25) is 9.59 Å². The Bertz CT molecular complexity index is 970. The van der Waals surface area contributed by atoms with Gasteiger partial charge in [0.25, 0.3) is 0 Å². The first-order chi connectivity index (χ1) is 17.9. The number of hydrogen-bond acceptors (Lipinski definition) is 6. The van der Waals surface area contributed by atoms with Crippen LogP contribution in [0.5, 0.6) is 5.75 Å². The molecular formula is C27H38N4O6. The molecule has 10 nitrogen and oxygen atoms in total. The van der Waals surface area contributed by atoms with Crippen LogP contribution in [-0.4, -0.2) is 96.0 Å².